The van der Waals surface area contributed by atoms with Crippen molar-refractivity contribution >= 4 is 11.8 Å². The molecule has 3 rings (SSSR count). The molecule has 1 aromatic carbocycles. The van der Waals surface area contributed by atoms with Gasteiger partial charge in [-0.25, -0.2) is 4.98 Å². The fourth-order valence-electron chi connectivity index (χ4n) is 2.08. The molecule has 0 bridgehead atoms. The van der Waals surface area contributed by atoms with E-state index in [1.807, 2.05) is 12.1 Å². The van der Waals surface area contributed by atoms with Gasteiger partial charge < -0.3 is 14.8 Å². The minimum atomic E-state index is 0.226. The first-order valence-electron chi connectivity index (χ1n) is 6.48. The first-order valence-corrected chi connectivity index (χ1v) is 7.46. The number of hydrogen-bond acceptors (Lipinski definition) is 6. The van der Waals surface area contributed by atoms with Crippen LogP contribution in [0.4, 0.5) is 0 Å². The van der Waals surface area contributed by atoms with Gasteiger partial charge in [-0.2, -0.15) is 5.10 Å². The Labute approximate surface area is 121 Å². The van der Waals surface area contributed by atoms with Crippen molar-refractivity contribution < 1.29 is 9.47 Å². The monoisotopic (exact) mass is 292 g/mol. The average molecular weight is 292 g/mol. The highest BCUT2D eigenvalue weighted by molar-refractivity contribution is 7.99. The fraction of sp³-hybridized carbons (Fsp3) is 0.385. The number of H-pyrrole nitrogens is 1. The van der Waals surface area contributed by atoms with Gasteiger partial charge in [-0.05, 0) is 24.2 Å². The van der Waals surface area contributed by atoms with Crippen LogP contribution in [0, 0.1) is 0 Å². The molecular weight excluding hydrogens is 276 g/mol. The second-order valence-corrected chi connectivity index (χ2v) is 5.33. The van der Waals surface area contributed by atoms with Crippen LogP contribution in [0.15, 0.2) is 29.7 Å². The van der Waals surface area contributed by atoms with E-state index in [4.69, 9.17) is 9.47 Å². The minimum Gasteiger partial charge on any atom is -0.454 e. The van der Waals surface area contributed by atoms with Crippen LogP contribution < -0.4 is 14.8 Å². The molecule has 0 saturated heterocycles. The number of nitrogens with zero attached hydrogens (tertiary/aromatic N) is 2. The van der Waals surface area contributed by atoms with E-state index in [9.17, 15) is 0 Å². The Balaban J connectivity index is 1.72. The molecule has 2 N–H and O–H groups in total. The molecule has 0 fully saturated rings. The van der Waals surface area contributed by atoms with Crippen LogP contribution in [-0.4, -0.2) is 34.3 Å². The van der Waals surface area contributed by atoms with Crippen LogP contribution in [0.2, 0.25) is 0 Å². The maximum absolute atomic E-state index is 5.43. The summed E-state index contributed by atoms with van der Waals surface area (Å²) in [5, 5.41) is 11.0. The number of thioether (sulfide) groups is 1. The summed E-state index contributed by atoms with van der Waals surface area (Å²) < 4.78 is 10.8. The molecule has 1 aromatic heterocycles. The average Bonchev–Trinajstić information content (AvgIpc) is 3.13. The number of ether oxygens (including phenoxy) is 2. The standard InChI is InChI=1S/C13H16N4O2S/c1-2-14-10(6-20-13-15-7-16-17-13)9-3-4-11-12(5-9)19-8-18-11/h3-5,7,10,14H,2,6,8H2,1H3,(H,15,16,17). The third-order valence-corrected chi connectivity index (χ3v) is 4.00. The third kappa shape index (κ3) is 2.88. The topological polar surface area (TPSA) is 72.1 Å². The van der Waals surface area contributed by atoms with Crippen molar-refractivity contribution in [2.45, 2.75) is 18.1 Å². The Morgan fingerprint density at radius 2 is 2.30 bits per heavy atom. The lowest BCUT2D eigenvalue weighted by atomic mass is 10.1. The van der Waals surface area contributed by atoms with Crippen molar-refractivity contribution in [2.75, 3.05) is 19.1 Å². The molecule has 0 aliphatic carbocycles. The third-order valence-electron chi connectivity index (χ3n) is 3.03. The Morgan fingerprint density at radius 1 is 1.40 bits per heavy atom. The molecule has 2 heterocycles. The molecule has 1 atom stereocenters. The maximum atomic E-state index is 5.43. The van der Waals surface area contributed by atoms with Crippen LogP contribution in [0.1, 0.15) is 18.5 Å². The van der Waals surface area contributed by atoms with Crippen molar-refractivity contribution in [1.29, 1.82) is 0 Å². The Bertz CT molecular complexity index is 562. The SMILES string of the molecule is CCNC(CSc1ncn[nH]1)c1ccc2c(c1)OCO2. The predicted octanol–water partition coefficient (Wildman–Crippen LogP) is 1.98. The first kappa shape index (κ1) is 13.3. The molecule has 0 amide bonds. The smallest absolute Gasteiger partial charge is 0.231 e. The lowest BCUT2D eigenvalue weighted by Crippen LogP contribution is -2.23. The second kappa shape index (κ2) is 6.15. The highest BCUT2D eigenvalue weighted by Gasteiger charge is 2.18. The van der Waals surface area contributed by atoms with Crippen molar-refractivity contribution in [1.82, 2.24) is 20.5 Å². The van der Waals surface area contributed by atoms with Gasteiger partial charge in [0, 0.05) is 11.8 Å². The molecule has 1 unspecified atom stereocenters. The summed E-state index contributed by atoms with van der Waals surface area (Å²) >= 11 is 1.64. The summed E-state index contributed by atoms with van der Waals surface area (Å²) in [7, 11) is 0. The summed E-state index contributed by atoms with van der Waals surface area (Å²) in [6.45, 7) is 3.30. The highest BCUT2D eigenvalue weighted by atomic mass is 32.2. The minimum absolute atomic E-state index is 0.226. The molecule has 6 nitrogen and oxygen atoms in total. The number of fused-ring (bicyclic) bond motifs is 1. The normalized spacial score (nSPS) is 14.4. The number of benzene rings is 1. The molecule has 106 valence electrons. The van der Waals surface area contributed by atoms with Gasteiger partial charge in [-0.3, -0.25) is 5.10 Å². The summed E-state index contributed by atoms with van der Waals surface area (Å²) in [6.07, 6.45) is 1.52. The Morgan fingerprint density at radius 3 is 3.10 bits per heavy atom. The van der Waals surface area contributed by atoms with Crippen LogP contribution in [0.25, 0.3) is 0 Å². The lowest BCUT2D eigenvalue weighted by Gasteiger charge is -2.17. The second-order valence-electron chi connectivity index (χ2n) is 4.32. The molecule has 7 heteroatoms. The van der Waals surface area contributed by atoms with E-state index in [2.05, 4.69) is 33.5 Å². The van der Waals surface area contributed by atoms with Gasteiger partial charge in [-0.1, -0.05) is 24.8 Å². The van der Waals surface area contributed by atoms with Crippen molar-refractivity contribution in [2.24, 2.45) is 0 Å². The van der Waals surface area contributed by atoms with E-state index in [0.717, 1.165) is 29.0 Å². The van der Waals surface area contributed by atoms with Crippen LogP contribution in [0.5, 0.6) is 11.5 Å². The zero-order chi connectivity index (χ0) is 13.8. The van der Waals surface area contributed by atoms with Crippen molar-refractivity contribution in [3.05, 3.63) is 30.1 Å². The number of nitrogens with one attached hydrogen (secondary N) is 2. The fourth-order valence-corrected chi connectivity index (χ4v) is 2.95. The zero-order valence-corrected chi connectivity index (χ0v) is 11.9. The molecule has 2 aromatic rings. The van der Waals surface area contributed by atoms with Crippen LogP contribution >= 0.6 is 11.8 Å². The van der Waals surface area contributed by atoms with Crippen molar-refractivity contribution in [3.8, 4) is 11.5 Å². The first-order chi connectivity index (χ1) is 9.86. The molecule has 1 aliphatic rings. The van der Waals surface area contributed by atoms with Gasteiger partial charge in [0.05, 0.1) is 0 Å². The molecule has 0 saturated carbocycles. The van der Waals surface area contributed by atoms with Gasteiger partial charge in [0.1, 0.15) is 6.33 Å². The molecule has 1 aliphatic heterocycles. The van der Waals surface area contributed by atoms with E-state index in [-0.39, 0.29) is 6.04 Å². The number of hydrogen-bond donors (Lipinski definition) is 2. The van der Waals surface area contributed by atoms with E-state index in [1.165, 1.54) is 11.9 Å². The molecule has 0 spiro atoms. The van der Waals surface area contributed by atoms with Crippen LogP contribution in [0.3, 0.4) is 0 Å². The Hall–Kier alpha value is -1.73. The summed E-state index contributed by atoms with van der Waals surface area (Å²) in [6, 6.07) is 6.30. The molecule has 0 radical (unpaired) electrons. The van der Waals surface area contributed by atoms with Gasteiger partial charge in [-0.15, -0.1) is 0 Å². The van der Waals surface area contributed by atoms with Crippen LogP contribution in [-0.2, 0) is 0 Å². The van der Waals surface area contributed by atoms with Gasteiger partial charge in [0.25, 0.3) is 0 Å². The summed E-state index contributed by atoms with van der Waals surface area (Å²) in [4.78, 5) is 4.12. The maximum Gasteiger partial charge on any atom is 0.231 e. The zero-order valence-electron chi connectivity index (χ0n) is 11.1. The molecular formula is C13H16N4O2S. The summed E-state index contributed by atoms with van der Waals surface area (Å²) in [5.74, 6) is 2.49. The summed E-state index contributed by atoms with van der Waals surface area (Å²) in [5.41, 5.74) is 1.18. The number of aromatic nitrogens is 3. The van der Waals surface area contributed by atoms with Gasteiger partial charge in [0.15, 0.2) is 16.7 Å². The van der Waals surface area contributed by atoms with Gasteiger partial charge >= 0.3 is 0 Å². The van der Waals surface area contributed by atoms with Gasteiger partial charge in [0.2, 0.25) is 6.79 Å². The Kier molecular flexibility index (Phi) is 4.08. The highest BCUT2D eigenvalue weighted by Crippen LogP contribution is 2.35. The molecule has 20 heavy (non-hydrogen) atoms. The van der Waals surface area contributed by atoms with E-state index in [1.54, 1.807) is 11.8 Å². The van der Waals surface area contributed by atoms with Crippen molar-refractivity contribution in [3.63, 3.8) is 0 Å². The quantitative estimate of drug-likeness (QED) is 0.793. The van der Waals surface area contributed by atoms with E-state index >= 15 is 0 Å². The predicted molar refractivity (Wildman–Crippen MR) is 76.1 cm³/mol. The van der Waals surface area contributed by atoms with E-state index < -0.39 is 0 Å². The lowest BCUT2D eigenvalue weighted by molar-refractivity contribution is 0.174. The number of rotatable bonds is 6. The number of aromatic amines is 1. The van der Waals surface area contributed by atoms with E-state index in [0.29, 0.717) is 6.79 Å². The largest absolute Gasteiger partial charge is 0.454 e.